The van der Waals surface area contributed by atoms with Gasteiger partial charge in [-0.05, 0) is 42.5 Å². The Balaban J connectivity index is 1.83. The van der Waals surface area contributed by atoms with Crippen LogP contribution in [0.2, 0.25) is 0 Å². The van der Waals surface area contributed by atoms with Gasteiger partial charge < -0.3 is 0 Å². The van der Waals surface area contributed by atoms with Gasteiger partial charge in [-0.15, -0.1) is 4.83 Å². The lowest BCUT2D eigenvalue weighted by Crippen LogP contribution is -2.44. The first-order valence-corrected chi connectivity index (χ1v) is 10.00. The zero-order valence-corrected chi connectivity index (χ0v) is 15.6. The standard InChI is InChI=1S/C17H14N2O3S3/c1-12-7-9-14(10-8-12)25(21,22)18-19-16(23)15(24-17(19)20)11-13-5-3-2-4-6-13/h2-11,18H,1H3/b15-11+. The molecule has 128 valence electrons. The minimum atomic E-state index is -3.90. The Labute approximate surface area is 155 Å². The second-order valence-electron chi connectivity index (χ2n) is 5.34. The van der Waals surface area contributed by atoms with E-state index in [4.69, 9.17) is 12.2 Å². The van der Waals surface area contributed by atoms with Crippen LogP contribution in [-0.2, 0) is 10.0 Å². The number of hydrogen-bond donors (Lipinski definition) is 1. The first-order valence-electron chi connectivity index (χ1n) is 7.29. The van der Waals surface area contributed by atoms with E-state index in [-0.39, 0.29) is 9.88 Å². The third-order valence-electron chi connectivity index (χ3n) is 3.43. The Kier molecular flexibility index (Phi) is 5.05. The van der Waals surface area contributed by atoms with Crippen molar-refractivity contribution < 1.29 is 13.2 Å². The summed E-state index contributed by atoms with van der Waals surface area (Å²) in [5.74, 6) is 0. The molecule has 1 heterocycles. The SMILES string of the molecule is Cc1ccc(S(=O)(=O)NN2C(=O)S/C(=C/c3ccccc3)C2=S)cc1. The largest absolute Gasteiger partial charge is 0.307 e. The molecule has 1 saturated heterocycles. The summed E-state index contributed by atoms with van der Waals surface area (Å²) >= 11 is 6.16. The van der Waals surface area contributed by atoms with Crippen molar-refractivity contribution in [2.45, 2.75) is 11.8 Å². The number of thiocarbonyl (C=S) groups is 1. The minimum absolute atomic E-state index is 0.0687. The maximum atomic E-state index is 12.5. The van der Waals surface area contributed by atoms with Crippen LogP contribution < -0.4 is 4.83 Å². The lowest BCUT2D eigenvalue weighted by atomic mass is 10.2. The van der Waals surface area contributed by atoms with Crippen LogP contribution in [0.15, 0.2) is 64.4 Å². The van der Waals surface area contributed by atoms with Gasteiger partial charge in [-0.3, -0.25) is 4.79 Å². The maximum Gasteiger partial charge on any atom is 0.307 e. The molecule has 2 aromatic rings. The molecule has 0 aromatic heterocycles. The fraction of sp³-hybridized carbons (Fsp3) is 0.0588. The van der Waals surface area contributed by atoms with Gasteiger partial charge in [-0.1, -0.05) is 60.2 Å². The average Bonchev–Trinajstić information content (AvgIpc) is 2.83. The number of carbonyl (C=O) groups excluding carboxylic acids is 1. The zero-order chi connectivity index (χ0) is 18.0. The highest BCUT2D eigenvalue weighted by molar-refractivity contribution is 8.19. The molecule has 25 heavy (non-hydrogen) atoms. The fourth-order valence-corrected chi connectivity index (χ4v) is 4.43. The lowest BCUT2D eigenvalue weighted by molar-refractivity contribution is 0.241. The van der Waals surface area contributed by atoms with E-state index in [0.717, 1.165) is 27.9 Å². The Morgan fingerprint density at radius 3 is 2.36 bits per heavy atom. The summed E-state index contributed by atoms with van der Waals surface area (Å²) in [6, 6.07) is 15.7. The molecule has 1 N–H and O–H groups in total. The van der Waals surface area contributed by atoms with Crippen LogP contribution in [0.4, 0.5) is 4.79 Å². The number of rotatable bonds is 4. The molecule has 5 nitrogen and oxygen atoms in total. The Hall–Kier alpha value is -2.00. The van der Waals surface area contributed by atoms with Crippen molar-refractivity contribution in [1.29, 1.82) is 0 Å². The van der Waals surface area contributed by atoms with Crippen LogP contribution in [0.1, 0.15) is 11.1 Å². The van der Waals surface area contributed by atoms with Gasteiger partial charge >= 0.3 is 5.24 Å². The first-order chi connectivity index (χ1) is 11.9. The Morgan fingerprint density at radius 1 is 1.08 bits per heavy atom. The van der Waals surface area contributed by atoms with Crippen LogP contribution in [0.3, 0.4) is 0 Å². The molecule has 0 radical (unpaired) electrons. The number of carbonyl (C=O) groups is 1. The van der Waals surface area contributed by atoms with E-state index in [1.54, 1.807) is 18.2 Å². The second kappa shape index (κ2) is 7.09. The van der Waals surface area contributed by atoms with Crippen LogP contribution in [0.25, 0.3) is 6.08 Å². The molecule has 0 atom stereocenters. The van der Waals surface area contributed by atoms with Gasteiger partial charge in [-0.25, -0.2) is 13.4 Å². The predicted molar refractivity (Wildman–Crippen MR) is 103 cm³/mol. The van der Waals surface area contributed by atoms with Crippen LogP contribution in [0, 0.1) is 6.92 Å². The normalized spacial score (nSPS) is 16.7. The topological polar surface area (TPSA) is 66.5 Å². The maximum absolute atomic E-state index is 12.5. The number of aryl methyl sites for hydroxylation is 1. The summed E-state index contributed by atoms with van der Waals surface area (Å²) in [6.45, 7) is 1.86. The quantitative estimate of drug-likeness (QED) is 0.637. The van der Waals surface area contributed by atoms with Gasteiger partial charge in [0.2, 0.25) is 0 Å². The van der Waals surface area contributed by atoms with Gasteiger partial charge in [0.05, 0.1) is 9.80 Å². The molecule has 3 rings (SSSR count). The van der Waals surface area contributed by atoms with Gasteiger partial charge in [0.1, 0.15) is 4.99 Å². The molecule has 0 saturated carbocycles. The van der Waals surface area contributed by atoms with Crippen LogP contribution in [-0.4, -0.2) is 23.7 Å². The molecule has 0 unspecified atom stereocenters. The molecule has 2 aromatic carbocycles. The first kappa shape index (κ1) is 17.8. The van der Waals surface area contributed by atoms with E-state index in [1.165, 1.54) is 12.1 Å². The minimum Gasteiger partial charge on any atom is -0.259 e. The summed E-state index contributed by atoms with van der Waals surface area (Å²) in [5.41, 5.74) is 1.82. The number of benzene rings is 2. The number of amides is 1. The summed E-state index contributed by atoms with van der Waals surface area (Å²) in [6.07, 6.45) is 1.76. The molecular weight excluding hydrogens is 376 g/mol. The Morgan fingerprint density at radius 2 is 1.72 bits per heavy atom. The number of hydrogen-bond acceptors (Lipinski definition) is 5. The second-order valence-corrected chi connectivity index (χ2v) is 8.38. The van der Waals surface area contributed by atoms with Crippen molar-refractivity contribution in [2.75, 3.05) is 0 Å². The smallest absolute Gasteiger partial charge is 0.259 e. The van der Waals surface area contributed by atoms with E-state index in [9.17, 15) is 13.2 Å². The lowest BCUT2D eigenvalue weighted by Gasteiger charge is -2.16. The third kappa shape index (κ3) is 3.98. The van der Waals surface area contributed by atoms with Gasteiger partial charge in [0.25, 0.3) is 10.0 Å². The number of nitrogens with one attached hydrogen (secondary N) is 1. The Bertz CT molecular complexity index is 952. The fourth-order valence-electron chi connectivity index (χ4n) is 2.14. The third-order valence-corrected chi connectivity index (χ3v) is 6.17. The number of thioether (sulfide) groups is 1. The zero-order valence-electron chi connectivity index (χ0n) is 13.2. The molecule has 0 spiro atoms. The molecule has 1 amide bonds. The molecule has 1 aliphatic rings. The number of sulfonamides is 1. The van der Waals surface area contributed by atoms with E-state index in [0.29, 0.717) is 4.91 Å². The highest BCUT2D eigenvalue weighted by Crippen LogP contribution is 2.32. The van der Waals surface area contributed by atoms with Crippen molar-refractivity contribution in [3.05, 3.63) is 70.6 Å². The van der Waals surface area contributed by atoms with Crippen LogP contribution >= 0.6 is 24.0 Å². The summed E-state index contributed by atoms with van der Waals surface area (Å²) in [4.78, 5) is 15.2. The molecule has 0 bridgehead atoms. The summed E-state index contributed by atoms with van der Waals surface area (Å²) < 4.78 is 24.9. The van der Waals surface area contributed by atoms with Crippen molar-refractivity contribution >= 4 is 50.3 Å². The molecule has 0 aliphatic carbocycles. The number of nitrogens with zero attached hydrogens (tertiary/aromatic N) is 1. The van der Waals surface area contributed by atoms with E-state index < -0.39 is 15.3 Å². The average molecular weight is 391 g/mol. The summed E-state index contributed by atoms with van der Waals surface area (Å²) in [7, 11) is -3.90. The molecule has 1 fully saturated rings. The van der Waals surface area contributed by atoms with Gasteiger partial charge in [0, 0.05) is 0 Å². The van der Waals surface area contributed by atoms with E-state index >= 15 is 0 Å². The van der Waals surface area contributed by atoms with Crippen molar-refractivity contribution in [3.8, 4) is 0 Å². The van der Waals surface area contributed by atoms with Crippen molar-refractivity contribution in [2.24, 2.45) is 0 Å². The molecule has 1 aliphatic heterocycles. The van der Waals surface area contributed by atoms with Gasteiger partial charge in [0.15, 0.2) is 0 Å². The summed E-state index contributed by atoms with van der Waals surface area (Å²) in [5, 5.41) is 0.409. The number of hydrazine groups is 1. The van der Waals surface area contributed by atoms with Crippen molar-refractivity contribution in [3.63, 3.8) is 0 Å². The van der Waals surface area contributed by atoms with Gasteiger partial charge in [-0.2, -0.15) is 0 Å². The van der Waals surface area contributed by atoms with Crippen LogP contribution in [0.5, 0.6) is 0 Å². The van der Waals surface area contributed by atoms with Crippen molar-refractivity contribution in [1.82, 2.24) is 9.84 Å². The molecule has 8 heteroatoms. The highest BCUT2D eigenvalue weighted by Gasteiger charge is 2.35. The van der Waals surface area contributed by atoms with E-state index in [2.05, 4.69) is 4.83 Å². The van der Waals surface area contributed by atoms with E-state index in [1.807, 2.05) is 37.3 Å². The predicted octanol–water partition coefficient (Wildman–Crippen LogP) is 3.73. The highest BCUT2D eigenvalue weighted by atomic mass is 32.2. The molecular formula is C17H14N2O3S3. The monoisotopic (exact) mass is 390 g/mol.